The van der Waals surface area contributed by atoms with Gasteiger partial charge in [0.25, 0.3) is 0 Å². The van der Waals surface area contributed by atoms with Gasteiger partial charge in [0.05, 0.1) is 29.5 Å². The number of nitriles is 1. The van der Waals surface area contributed by atoms with E-state index in [9.17, 15) is 5.26 Å². The molecule has 0 atom stereocenters. The van der Waals surface area contributed by atoms with Crippen molar-refractivity contribution in [1.82, 2.24) is 9.78 Å². The van der Waals surface area contributed by atoms with E-state index in [0.29, 0.717) is 18.2 Å². The van der Waals surface area contributed by atoms with Gasteiger partial charge in [0.15, 0.2) is 0 Å². The highest BCUT2D eigenvalue weighted by Crippen LogP contribution is 2.19. The smallest absolute Gasteiger partial charge is 0.102 e. The van der Waals surface area contributed by atoms with Crippen LogP contribution in [0.2, 0.25) is 0 Å². The van der Waals surface area contributed by atoms with Crippen LogP contribution in [0.5, 0.6) is 0 Å². The van der Waals surface area contributed by atoms with Crippen molar-refractivity contribution in [3.05, 3.63) is 47.3 Å². The molecule has 2 rings (SSSR count). The second-order valence-corrected chi connectivity index (χ2v) is 5.22. The van der Waals surface area contributed by atoms with Crippen molar-refractivity contribution in [1.29, 1.82) is 5.26 Å². The normalized spacial score (nSPS) is 10.6. The summed E-state index contributed by atoms with van der Waals surface area (Å²) in [7, 11) is 0. The van der Waals surface area contributed by atoms with Crippen molar-refractivity contribution in [3.63, 3.8) is 0 Å². The predicted molar refractivity (Wildman–Crippen MR) is 85.1 cm³/mol. The largest absolute Gasteiger partial charge is 0.378 e. The van der Waals surface area contributed by atoms with Crippen LogP contribution in [0.15, 0.2) is 30.5 Å². The molecule has 1 aromatic heterocycles. The number of aryl methyl sites for hydroxylation is 1. The Kier molecular flexibility index (Phi) is 4.99. The average molecular weight is 282 g/mol. The van der Waals surface area contributed by atoms with Gasteiger partial charge in [0, 0.05) is 6.20 Å². The maximum atomic E-state index is 9.23. The van der Waals surface area contributed by atoms with E-state index in [-0.39, 0.29) is 0 Å². The van der Waals surface area contributed by atoms with Crippen LogP contribution in [0.1, 0.15) is 49.6 Å². The van der Waals surface area contributed by atoms with Crippen molar-refractivity contribution in [2.75, 3.05) is 5.32 Å². The van der Waals surface area contributed by atoms with Crippen LogP contribution in [0.4, 0.5) is 5.69 Å². The lowest BCUT2D eigenvalue weighted by atomic mass is 10.1. The third kappa shape index (κ3) is 3.43. The molecule has 21 heavy (non-hydrogen) atoms. The van der Waals surface area contributed by atoms with Crippen LogP contribution in [-0.4, -0.2) is 9.78 Å². The van der Waals surface area contributed by atoms with E-state index in [1.165, 1.54) is 0 Å². The molecule has 0 aliphatic carbocycles. The topological polar surface area (TPSA) is 53.6 Å². The second kappa shape index (κ2) is 6.94. The van der Waals surface area contributed by atoms with Gasteiger partial charge < -0.3 is 5.32 Å². The summed E-state index contributed by atoms with van der Waals surface area (Å²) in [6.07, 6.45) is 4.21. The minimum absolute atomic E-state index is 0.465. The zero-order valence-electron chi connectivity index (χ0n) is 12.9. The summed E-state index contributed by atoms with van der Waals surface area (Å²) in [6, 6.07) is 10.6. The van der Waals surface area contributed by atoms with Crippen LogP contribution in [0.25, 0.3) is 0 Å². The molecule has 1 aromatic carbocycles. The number of anilines is 1. The Labute approximate surface area is 126 Å². The molecule has 0 spiro atoms. The van der Waals surface area contributed by atoms with Crippen molar-refractivity contribution in [3.8, 4) is 6.07 Å². The lowest BCUT2D eigenvalue weighted by Crippen LogP contribution is -2.09. The molecule has 0 fully saturated rings. The summed E-state index contributed by atoms with van der Waals surface area (Å²) in [5, 5.41) is 17.2. The zero-order valence-corrected chi connectivity index (χ0v) is 12.9. The van der Waals surface area contributed by atoms with E-state index in [0.717, 1.165) is 29.8 Å². The van der Waals surface area contributed by atoms with Gasteiger partial charge in [-0.2, -0.15) is 10.4 Å². The molecule has 4 heteroatoms. The lowest BCUT2D eigenvalue weighted by molar-refractivity contribution is 0.426. The number of hydrogen-bond acceptors (Lipinski definition) is 3. The van der Waals surface area contributed by atoms with Crippen molar-refractivity contribution in [2.24, 2.45) is 0 Å². The molecule has 1 N–H and O–H groups in total. The second-order valence-electron chi connectivity index (χ2n) is 5.22. The van der Waals surface area contributed by atoms with Crippen LogP contribution in [-0.2, 0) is 6.54 Å². The van der Waals surface area contributed by atoms with E-state index in [2.05, 4.69) is 30.3 Å². The Bertz CT molecular complexity index is 632. The maximum Gasteiger partial charge on any atom is 0.102 e. The molecule has 2 aromatic rings. The highest BCUT2D eigenvalue weighted by atomic mass is 15.3. The Balaban J connectivity index is 2.08. The summed E-state index contributed by atoms with van der Waals surface area (Å²) in [5.41, 5.74) is 3.56. The molecule has 0 aliphatic heterocycles. The summed E-state index contributed by atoms with van der Waals surface area (Å²) >= 11 is 0. The van der Waals surface area contributed by atoms with Crippen molar-refractivity contribution in [2.45, 2.75) is 46.2 Å². The van der Waals surface area contributed by atoms with E-state index < -0.39 is 0 Å². The minimum atomic E-state index is 0.465. The van der Waals surface area contributed by atoms with E-state index in [4.69, 9.17) is 0 Å². The third-order valence-corrected chi connectivity index (χ3v) is 3.82. The molecule has 1 heterocycles. The van der Waals surface area contributed by atoms with Gasteiger partial charge in [-0.15, -0.1) is 0 Å². The van der Waals surface area contributed by atoms with Crippen LogP contribution < -0.4 is 5.32 Å². The summed E-state index contributed by atoms with van der Waals surface area (Å²) < 4.78 is 2.04. The molecule has 0 amide bonds. The summed E-state index contributed by atoms with van der Waals surface area (Å²) in [6.45, 7) is 6.94. The van der Waals surface area contributed by atoms with Crippen LogP contribution in [0.3, 0.4) is 0 Å². The van der Waals surface area contributed by atoms with Crippen LogP contribution in [0, 0.1) is 18.3 Å². The highest BCUT2D eigenvalue weighted by Gasteiger charge is 2.09. The number of hydrogen-bond donors (Lipinski definition) is 1. The molecular formula is C17H22N4. The number of aromatic nitrogens is 2. The first-order valence-corrected chi connectivity index (χ1v) is 7.47. The number of rotatable bonds is 6. The van der Waals surface area contributed by atoms with E-state index >= 15 is 0 Å². The molecule has 0 radical (unpaired) electrons. The first kappa shape index (κ1) is 15.1. The fourth-order valence-corrected chi connectivity index (χ4v) is 2.49. The molecule has 0 aliphatic rings. The fourth-order valence-electron chi connectivity index (χ4n) is 2.49. The van der Waals surface area contributed by atoms with Crippen molar-refractivity contribution < 1.29 is 0 Å². The molecule has 0 saturated carbocycles. The SMILES string of the molecule is CCC(CC)n1ccc(CNc2cccc(C)c2C#N)n1. The van der Waals surface area contributed by atoms with Gasteiger partial charge in [-0.05, 0) is 37.5 Å². The van der Waals surface area contributed by atoms with Gasteiger partial charge in [0.2, 0.25) is 0 Å². The first-order valence-electron chi connectivity index (χ1n) is 7.47. The lowest BCUT2D eigenvalue weighted by Gasteiger charge is -2.12. The van der Waals surface area contributed by atoms with E-state index in [1.807, 2.05) is 42.1 Å². The third-order valence-electron chi connectivity index (χ3n) is 3.82. The van der Waals surface area contributed by atoms with Gasteiger partial charge in [-0.3, -0.25) is 4.68 Å². The highest BCUT2D eigenvalue weighted by molar-refractivity contribution is 5.60. The molecule has 0 bridgehead atoms. The molecule has 0 saturated heterocycles. The number of nitrogens with zero attached hydrogens (tertiary/aromatic N) is 3. The Morgan fingerprint density at radius 2 is 2.05 bits per heavy atom. The van der Waals surface area contributed by atoms with Gasteiger partial charge >= 0.3 is 0 Å². The van der Waals surface area contributed by atoms with E-state index in [1.54, 1.807) is 0 Å². The average Bonchev–Trinajstić information content (AvgIpc) is 2.95. The maximum absolute atomic E-state index is 9.23. The van der Waals surface area contributed by atoms with Crippen molar-refractivity contribution >= 4 is 5.69 Å². The number of benzene rings is 1. The monoisotopic (exact) mass is 282 g/mol. The van der Waals surface area contributed by atoms with Crippen LogP contribution >= 0.6 is 0 Å². The summed E-state index contributed by atoms with van der Waals surface area (Å²) in [4.78, 5) is 0. The molecule has 4 nitrogen and oxygen atoms in total. The fraction of sp³-hybridized carbons (Fsp3) is 0.412. The Morgan fingerprint density at radius 3 is 2.71 bits per heavy atom. The Hall–Kier alpha value is -2.28. The summed E-state index contributed by atoms with van der Waals surface area (Å²) in [5.74, 6) is 0. The van der Waals surface area contributed by atoms with Gasteiger partial charge in [-0.25, -0.2) is 0 Å². The molecule has 110 valence electrons. The number of nitrogens with one attached hydrogen (secondary N) is 1. The first-order chi connectivity index (χ1) is 10.2. The van der Waals surface area contributed by atoms with Gasteiger partial charge in [-0.1, -0.05) is 26.0 Å². The predicted octanol–water partition coefficient (Wildman–Crippen LogP) is 4.04. The Morgan fingerprint density at radius 1 is 1.29 bits per heavy atom. The van der Waals surface area contributed by atoms with Gasteiger partial charge in [0.1, 0.15) is 6.07 Å². The molecular weight excluding hydrogens is 260 g/mol. The minimum Gasteiger partial charge on any atom is -0.378 e. The quantitative estimate of drug-likeness (QED) is 0.870. The zero-order chi connectivity index (χ0) is 15.2. The molecule has 0 unspecified atom stereocenters. The standard InChI is InChI=1S/C17H22N4/c1-4-15(5-2)21-10-9-14(20-21)12-19-17-8-6-7-13(3)16(17)11-18/h6-10,15,19H,4-5,12H2,1-3H3.